The van der Waals surface area contributed by atoms with E-state index >= 15 is 0 Å². The van der Waals surface area contributed by atoms with Crippen molar-refractivity contribution in [3.63, 3.8) is 0 Å². The van der Waals surface area contributed by atoms with Gasteiger partial charge in [0.15, 0.2) is 0 Å². The molecule has 4 nitrogen and oxygen atoms in total. The predicted octanol–water partition coefficient (Wildman–Crippen LogP) is 3.67. The predicted molar refractivity (Wildman–Crippen MR) is 85.9 cm³/mol. The lowest BCUT2D eigenvalue weighted by Gasteiger charge is -2.34. The van der Waals surface area contributed by atoms with Gasteiger partial charge >= 0.3 is 0 Å². The van der Waals surface area contributed by atoms with Crippen LogP contribution in [0.2, 0.25) is 5.02 Å². The fraction of sp³-hybridized carbons (Fsp3) is 0.286. The van der Waals surface area contributed by atoms with Gasteiger partial charge < -0.3 is 4.57 Å². The van der Waals surface area contributed by atoms with Gasteiger partial charge in [0, 0.05) is 29.5 Å². The topological polar surface area (TPSA) is 42.3 Å². The summed E-state index contributed by atoms with van der Waals surface area (Å²) in [5, 5.41) is 0.234. The molecule has 0 radical (unpaired) electrons. The average molecular weight is 390 g/mol. The van der Waals surface area contributed by atoms with E-state index < -0.39 is 10.0 Å². The quantitative estimate of drug-likeness (QED) is 0.786. The van der Waals surface area contributed by atoms with Crippen molar-refractivity contribution >= 4 is 37.6 Å². The smallest absolute Gasteiger partial charge is 0.245 e. The molecule has 21 heavy (non-hydrogen) atoms. The zero-order chi connectivity index (χ0) is 15.2. The summed E-state index contributed by atoms with van der Waals surface area (Å²) in [7, 11) is -3.61. The van der Waals surface area contributed by atoms with Gasteiger partial charge in [0.25, 0.3) is 0 Å². The van der Waals surface area contributed by atoms with Crippen LogP contribution in [0.25, 0.3) is 0 Å². The maximum atomic E-state index is 12.9. The molecule has 1 unspecified atom stereocenters. The molecule has 0 N–H and O–H groups in total. The summed E-state index contributed by atoms with van der Waals surface area (Å²) in [6.45, 7) is 2.99. The zero-order valence-corrected chi connectivity index (χ0v) is 14.5. The molecule has 0 aliphatic carbocycles. The highest BCUT2D eigenvalue weighted by molar-refractivity contribution is 9.10. The summed E-state index contributed by atoms with van der Waals surface area (Å²) in [6.07, 6.45) is 1.97. The first-order chi connectivity index (χ1) is 9.91. The molecule has 0 saturated carbocycles. The number of halogens is 2. The molecule has 0 bridgehead atoms. The molecule has 0 amide bonds. The lowest BCUT2D eigenvalue weighted by molar-refractivity contribution is 0.282. The minimum absolute atomic E-state index is 0.152. The van der Waals surface area contributed by atoms with Crippen LogP contribution in [0, 0.1) is 0 Å². The Hall–Kier alpha value is -0.820. The van der Waals surface area contributed by atoms with Crippen LogP contribution >= 0.6 is 27.5 Å². The lowest BCUT2D eigenvalue weighted by atomic mass is 10.2. The maximum Gasteiger partial charge on any atom is 0.245 e. The van der Waals surface area contributed by atoms with E-state index in [0.717, 1.165) is 10.2 Å². The second-order valence-corrected chi connectivity index (χ2v) is 8.17. The number of fused-ring (bicyclic) bond motifs is 1. The van der Waals surface area contributed by atoms with Crippen LogP contribution in [0.1, 0.15) is 18.7 Å². The standard InChI is InChI=1S/C14H14BrClN2O2S/c1-10-13-3-2-6-17(13)7-8-18(10)21(19,20)14-5-4-11(15)9-12(14)16/h2-6,9-10H,7-8H2,1H3. The van der Waals surface area contributed by atoms with Gasteiger partial charge in [0.2, 0.25) is 10.0 Å². The Kier molecular flexibility index (Phi) is 3.90. The normalized spacial score (nSPS) is 19.5. The molecule has 1 aliphatic heterocycles. The first kappa shape index (κ1) is 15.1. The van der Waals surface area contributed by atoms with E-state index in [1.54, 1.807) is 18.2 Å². The van der Waals surface area contributed by atoms with Gasteiger partial charge in [-0.15, -0.1) is 0 Å². The van der Waals surface area contributed by atoms with E-state index in [-0.39, 0.29) is 16.0 Å². The van der Waals surface area contributed by atoms with E-state index in [1.807, 2.05) is 25.3 Å². The highest BCUT2D eigenvalue weighted by Gasteiger charge is 2.34. The number of hydrogen-bond donors (Lipinski definition) is 0. The number of hydrogen-bond acceptors (Lipinski definition) is 2. The summed E-state index contributed by atoms with van der Waals surface area (Å²) >= 11 is 9.41. The number of benzene rings is 1. The van der Waals surface area contributed by atoms with Crippen LogP contribution in [0.3, 0.4) is 0 Å². The largest absolute Gasteiger partial charge is 0.349 e. The summed E-state index contributed by atoms with van der Waals surface area (Å²) in [4.78, 5) is 0.152. The van der Waals surface area contributed by atoms with Gasteiger partial charge in [-0.2, -0.15) is 4.31 Å². The molecule has 2 aromatic rings. The molecule has 0 fully saturated rings. The summed E-state index contributed by atoms with van der Waals surface area (Å²) < 4.78 is 30.1. The van der Waals surface area contributed by atoms with Crippen molar-refractivity contribution in [3.05, 3.63) is 51.7 Å². The second kappa shape index (κ2) is 5.43. The van der Waals surface area contributed by atoms with Crippen molar-refractivity contribution in [1.29, 1.82) is 0 Å². The van der Waals surface area contributed by atoms with Crippen molar-refractivity contribution in [2.24, 2.45) is 0 Å². The van der Waals surface area contributed by atoms with E-state index in [1.165, 1.54) is 4.31 Å². The molecule has 2 heterocycles. The van der Waals surface area contributed by atoms with E-state index in [0.29, 0.717) is 13.1 Å². The summed E-state index contributed by atoms with van der Waals surface area (Å²) in [5.41, 5.74) is 0.998. The minimum Gasteiger partial charge on any atom is -0.349 e. The fourth-order valence-corrected chi connectivity index (χ4v) is 5.31. The molecule has 1 atom stereocenters. The third-order valence-electron chi connectivity index (χ3n) is 3.77. The molecule has 1 aromatic heterocycles. The van der Waals surface area contributed by atoms with Crippen molar-refractivity contribution in [1.82, 2.24) is 8.87 Å². The third kappa shape index (κ3) is 2.54. The molecule has 0 spiro atoms. The number of nitrogens with zero attached hydrogens (tertiary/aromatic N) is 2. The molecule has 1 aliphatic rings. The molecular formula is C14H14BrClN2O2S. The molecule has 0 saturated heterocycles. The Morgan fingerprint density at radius 2 is 2.05 bits per heavy atom. The molecule has 1 aromatic carbocycles. The highest BCUT2D eigenvalue weighted by atomic mass is 79.9. The van der Waals surface area contributed by atoms with Crippen molar-refractivity contribution in [2.75, 3.05) is 6.54 Å². The maximum absolute atomic E-state index is 12.9. The monoisotopic (exact) mass is 388 g/mol. The van der Waals surface area contributed by atoms with Crippen molar-refractivity contribution in [2.45, 2.75) is 24.4 Å². The number of sulfonamides is 1. The molecule has 7 heteroatoms. The van der Waals surface area contributed by atoms with Crippen LogP contribution in [0.4, 0.5) is 0 Å². The molecule has 112 valence electrons. The lowest BCUT2D eigenvalue weighted by Crippen LogP contribution is -2.40. The van der Waals surface area contributed by atoms with Crippen LogP contribution in [-0.2, 0) is 16.6 Å². The van der Waals surface area contributed by atoms with Gasteiger partial charge in [-0.3, -0.25) is 0 Å². The minimum atomic E-state index is -3.61. The van der Waals surface area contributed by atoms with Crippen molar-refractivity contribution < 1.29 is 8.42 Å². The third-order valence-corrected chi connectivity index (χ3v) is 6.71. The number of rotatable bonds is 2. The Balaban J connectivity index is 2.03. The molecular weight excluding hydrogens is 376 g/mol. The SMILES string of the molecule is CC1c2cccn2CCN1S(=O)(=O)c1ccc(Br)cc1Cl. The van der Waals surface area contributed by atoms with Crippen molar-refractivity contribution in [3.8, 4) is 0 Å². The Morgan fingerprint density at radius 3 is 2.76 bits per heavy atom. The second-order valence-electron chi connectivity index (χ2n) is 4.99. The Labute approximate surface area is 137 Å². The summed E-state index contributed by atoms with van der Waals surface area (Å²) in [5.74, 6) is 0. The summed E-state index contributed by atoms with van der Waals surface area (Å²) in [6, 6.07) is 8.52. The van der Waals surface area contributed by atoms with Gasteiger partial charge in [-0.25, -0.2) is 8.42 Å². The van der Waals surface area contributed by atoms with Gasteiger partial charge in [-0.1, -0.05) is 27.5 Å². The average Bonchev–Trinajstić information content (AvgIpc) is 2.87. The first-order valence-electron chi connectivity index (χ1n) is 6.53. The van der Waals surface area contributed by atoms with Crippen LogP contribution in [-0.4, -0.2) is 23.8 Å². The fourth-order valence-electron chi connectivity index (χ4n) is 2.70. The zero-order valence-electron chi connectivity index (χ0n) is 11.3. The van der Waals surface area contributed by atoms with Crippen LogP contribution in [0.15, 0.2) is 45.9 Å². The Bertz CT molecular complexity index is 788. The molecule has 3 rings (SSSR count). The van der Waals surface area contributed by atoms with Crippen LogP contribution < -0.4 is 0 Å². The van der Waals surface area contributed by atoms with E-state index in [2.05, 4.69) is 20.5 Å². The van der Waals surface area contributed by atoms with Gasteiger partial charge in [0.1, 0.15) is 4.90 Å². The van der Waals surface area contributed by atoms with E-state index in [4.69, 9.17) is 11.6 Å². The Morgan fingerprint density at radius 1 is 1.29 bits per heavy atom. The number of aromatic nitrogens is 1. The van der Waals surface area contributed by atoms with Gasteiger partial charge in [-0.05, 0) is 37.3 Å². The first-order valence-corrected chi connectivity index (χ1v) is 9.14. The van der Waals surface area contributed by atoms with Crippen LogP contribution in [0.5, 0.6) is 0 Å². The van der Waals surface area contributed by atoms with Gasteiger partial charge in [0.05, 0.1) is 11.1 Å². The highest BCUT2D eigenvalue weighted by Crippen LogP contribution is 2.34. The van der Waals surface area contributed by atoms with E-state index in [9.17, 15) is 8.42 Å².